The third-order valence-electron chi connectivity index (χ3n) is 8.08. The number of esters is 1. The number of methoxy groups -OCH3 is 1. The highest BCUT2D eigenvalue weighted by atomic mass is 32.2. The van der Waals surface area contributed by atoms with Crippen molar-refractivity contribution in [3.05, 3.63) is 45.8 Å². The lowest BCUT2D eigenvalue weighted by Crippen LogP contribution is -2.40. The molecule has 220 valence electrons. The SMILES string of the molecule is COC(=O)C1CCN(S(=O)(=O)c2ccc(C(=O)Nc3sc4c(c3C(=O)N3CCCC3)CCN(C(C)=O)C4)cc2)CC1. The molecule has 2 aromatic rings. The summed E-state index contributed by atoms with van der Waals surface area (Å²) in [7, 11) is -2.47. The van der Waals surface area contributed by atoms with E-state index in [0.29, 0.717) is 56.0 Å². The number of hydrogen-bond acceptors (Lipinski definition) is 8. The highest BCUT2D eigenvalue weighted by molar-refractivity contribution is 7.89. The van der Waals surface area contributed by atoms with E-state index in [-0.39, 0.29) is 47.3 Å². The van der Waals surface area contributed by atoms with Crippen molar-refractivity contribution in [1.82, 2.24) is 14.1 Å². The molecule has 1 N–H and O–H groups in total. The van der Waals surface area contributed by atoms with Crippen molar-refractivity contribution < 1.29 is 32.3 Å². The predicted molar refractivity (Wildman–Crippen MR) is 152 cm³/mol. The van der Waals surface area contributed by atoms with Gasteiger partial charge in [-0.15, -0.1) is 11.3 Å². The Kier molecular flexibility index (Phi) is 8.48. The van der Waals surface area contributed by atoms with Crippen molar-refractivity contribution in [1.29, 1.82) is 0 Å². The molecule has 0 bridgehead atoms. The summed E-state index contributed by atoms with van der Waals surface area (Å²) in [6, 6.07) is 5.71. The van der Waals surface area contributed by atoms with Crippen LogP contribution in [0.25, 0.3) is 0 Å². The zero-order chi connectivity index (χ0) is 29.3. The number of thiophene rings is 1. The summed E-state index contributed by atoms with van der Waals surface area (Å²) in [5.74, 6) is -1.24. The molecule has 0 unspecified atom stereocenters. The number of carbonyl (C=O) groups excluding carboxylic acids is 4. The second kappa shape index (κ2) is 11.9. The van der Waals surface area contributed by atoms with Gasteiger partial charge in [0.2, 0.25) is 15.9 Å². The Balaban J connectivity index is 1.33. The molecule has 0 saturated carbocycles. The average molecular weight is 603 g/mol. The van der Waals surface area contributed by atoms with Crippen LogP contribution in [0, 0.1) is 5.92 Å². The molecule has 1 aromatic heterocycles. The number of piperidine rings is 1. The molecule has 11 nitrogen and oxygen atoms in total. The molecule has 3 amide bonds. The largest absolute Gasteiger partial charge is 0.469 e. The van der Waals surface area contributed by atoms with Crippen LogP contribution in [0.5, 0.6) is 0 Å². The fourth-order valence-electron chi connectivity index (χ4n) is 5.67. The standard InChI is InChI=1S/C28H34N4O7S2/c1-18(33)31-14-11-22-23(17-31)40-26(24(22)27(35)30-12-3-4-13-30)29-25(34)19-5-7-21(8-6-19)41(37,38)32-15-9-20(10-16-32)28(36)39-2/h5-8,20H,3-4,9-17H2,1-2H3,(H,29,34). The topological polar surface area (TPSA) is 133 Å². The van der Waals surface area contributed by atoms with Crippen LogP contribution in [0.1, 0.15) is 63.8 Å². The van der Waals surface area contributed by atoms with Gasteiger partial charge in [0.05, 0.1) is 30.0 Å². The summed E-state index contributed by atoms with van der Waals surface area (Å²) < 4.78 is 32.5. The Bertz CT molecular complexity index is 1450. The molecule has 0 spiro atoms. The van der Waals surface area contributed by atoms with Gasteiger partial charge in [-0.25, -0.2) is 8.42 Å². The third-order valence-corrected chi connectivity index (χ3v) is 11.1. The molecule has 2 fully saturated rings. The highest BCUT2D eigenvalue weighted by Crippen LogP contribution is 2.39. The summed E-state index contributed by atoms with van der Waals surface area (Å²) >= 11 is 1.31. The normalized spacial score (nSPS) is 18.2. The summed E-state index contributed by atoms with van der Waals surface area (Å²) in [4.78, 5) is 55.1. The molecular formula is C28H34N4O7S2. The minimum atomic E-state index is -3.79. The monoisotopic (exact) mass is 602 g/mol. The molecule has 2 saturated heterocycles. The number of anilines is 1. The number of nitrogens with one attached hydrogen (secondary N) is 1. The number of hydrogen-bond donors (Lipinski definition) is 1. The van der Waals surface area contributed by atoms with Gasteiger partial charge >= 0.3 is 5.97 Å². The fourth-order valence-corrected chi connectivity index (χ4v) is 8.39. The summed E-state index contributed by atoms with van der Waals surface area (Å²) in [6.07, 6.45) is 3.20. The van der Waals surface area contributed by atoms with E-state index in [9.17, 15) is 27.6 Å². The van der Waals surface area contributed by atoms with Crippen LogP contribution >= 0.6 is 11.3 Å². The lowest BCUT2D eigenvalue weighted by atomic mass is 9.99. The first-order valence-electron chi connectivity index (χ1n) is 13.8. The van der Waals surface area contributed by atoms with E-state index in [4.69, 9.17) is 4.74 Å². The van der Waals surface area contributed by atoms with Crippen molar-refractivity contribution in [3.63, 3.8) is 0 Å². The van der Waals surface area contributed by atoms with Gasteiger partial charge in [-0.05, 0) is 61.9 Å². The van der Waals surface area contributed by atoms with Crippen molar-refractivity contribution >= 4 is 50.1 Å². The lowest BCUT2D eigenvalue weighted by molar-refractivity contribution is -0.146. The molecule has 4 heterocycles. The van der Waals surface area contributed by atoms with Crippen LogP contribution in [0.2, 0.25) is 0 Å². The summed E-state index contributed by atoms with van der Waals surface area (Å²) in [5.41, 5.74) is 1.64. The first-order chi connectivity index (χ1) is 19.6. The average Bonchev–Trinajstić information content (AvgIpc) is 3.64. The second-order valence-corrected chi connectivity index (χ2v) is 13.6. The molecule has 3 aliphatic rings. The Hall–Kier alpha value is -3.29. The minimum absolute atomic E-state index is 0.0371. The maximum Gasteiger partial charge on any atom is 0.308 e. The van der Waals surface area contributed by atoms with Gasteiger partial charge < -0.3 is 19.9 Å². The number of ether oxygens (including phenoxy) is 1. The van der Waals surface area contributed by atoms with Crippen LogP contribution in [0.15, 0.2) is 29.2 Å². The van der Waals surface area contributed by atoms with E-state index < -0.39 is 15.9 Å². The van der Waals surface area contributed by atoms with Gasteiger partial charge in [-0.1, -0.05) is 0 Å². The van der Waals surface area contributed by atoms with E-state index in [1.54, 1.807) is 4.90 Å². The first kappa shape index (κ1) is 29.2. The van der Waals surface area contributed by atoms with Crippen molar-refractivity contribution in [2.24, 2.45) is 5.92 Å². The minimum Gasteiger partial charge on any atom is -0.469 e. The predicted octanol–water partition coefficient (Wildman–Crippen LogP) is 2.71. The number of rotatable bonds is 6. The fraction of sp³-hybridized carbons (Fsp3) is 0.500. The Morgan fingerprint density at radius 1 is 0.951 bits per heavy atom. The van der Waals surface area contributed by atoms with Gasteiger partial charge in [-0.3, -0.25) is 19.2 Å². The molecule has 0 atom stereocenters. The van der Waals surface area contributed by atoms with E-state index >= 15 is 0 Å². The number of likely N-dealkylation sites (tertiary alicyclic amines) is 1. The number of fused-ring (bicyclic) bond motifs is 1. The molecule has 41 heavy (non-hydrogen) atoms. The van der Waals surface area contributed by atoms with Gasteiger partial charge in [0.25, 0.3) is 11.8 Å². The summed E-state index contributed by atoms with van der Waals surface area (Å²) in [6.45, 7) is 4.20. The van der Waals surface area contributed by atoms with Crippen LogP contribution in [-0.4, -0.2) is 86.0 Å². The maximum absolute atomic E-state index is 13.5. The molecule has 3 aliphatic heterocycles. The van der Waals surface area contributed by atoms with Gasteiger partial charge in [0.1, 0.15) is 5.00 Å². The number of benzene rings is 1. The molecule has 0 radical (unpaired) electrons. The van der Waals surface area contributed by atoms with Crippen molar-refractivity contribution in [2.75, 3.05) is 45.2 Å². The molecule has 13 heteroatoms. The zero-order valence-electron chi connectivity index (χ0n) is 23.2. The van der Waals surface area contributed by atoms with Crippen LogP contribution in [0.4, 0.5) is 5.00 Å². The van der Waals surface area contributed by atoms with Crippen LogP contribution in [0.3, 0.4) is 0 Å². The molecule has 1 aromatic carbocycles. The van der Waals surface area contributed by atoms with Crippen molar-refractivity contribution in [2.45, 2.75) is 50.5 Å². The van der Waals surface area contributed by atoms with Gasteiger partial charge in [0, 0.05) is 50.1 Å². The Morgan fingerprint density at radius 2 is 1.61 bits per heavy atom. The van der Waals surface area contributed by atoms with E-state index in [1.165, 1.54) is 53.9 Å². The number of carbonyl (C=O) groups is 4. The van der Waals surface area contributed by atoms with E-state index in [2.05, 4.69) is 5.32 Å². The van der Waals surface area contributed by atoms with E-state index in [0.717, 1.165) is 23.3 Å². The van der Waals surface area contributed by atoms with Crippen molar-refractivity contribution in [3.8, 4) is 0 Å². The molecule has 5 rings (SSSR count). The van der Waals surface area contributed by atoms with E-state index in [1.807, 2.05) is 4.90 Å². The maximum atomic E-state index is 13.5. The zero-order valence-corrected chi connectivity index (χ0v) is 24.8. The van der Waals surface area contributed by atoms with Crippen LogP contribution in [-0.2, 0) is 37.3 Å². The quantitative estimate of drug-likeness (QED) is 0.503. The Morgan fingerprint density at radius 3 is 2.22 bits per heavy atom. The highest BCUT2D eigenvalue weighted by Gasteiger charge is 2.34. The van der Waals surface area contributed by atoms with Gasteiger partial charge in [-0.2, -0.15) is 4.31 Å². The second-order valence-electron chi connectivity index (χ2n) is 10.6. The van der Waals surface area contributed by atoms with Gasteiger partial charge in [0.15, 0.2) is 0 Å². The lowest BCUT2D eigenvalue weighted by Gasteiger charge is -2.29. The number of amides is 3. The molecule has 0 aliphatic carbocycles. The van der Waals surface area contributed by atoms with Crippen LogP contribution < -0.4 is 5.32 Å². The molecular weight excluding hydrogens is 568 g/mol. The summed E-state index contributed by atoms with van der Waals surface area (Å²) in [5, 5.41) is 3.35. The third kappa shape index (κ3) is 5.88. The smallest absolute Gasteiger partial charge is 0.308 e. The first-order valence-corrected chi connectivity index (χ1v) is 16.0. The number of nitrogens with zero attached hydrogens (tertiary/aromatic N) is 3. The Labute approximate surface area is 243 Å². The number of sulfonamides is 1.